The lowest BCUT2D eigenvalue weighted by atomic mass is 10.2. The van der Waals surface area contributed by atoms with Gasteiger partial charge in [-0.05, 0) is 45.0 Å². The van der Waals surface area contributed by atoms with Crippen LogP contribution in [0.1, 0.15) is 34.3 Å². The summed E-state index contributed by atoms with van der Waals surface area (Å²) in [6, 6.07) is 5.88. The zero-order valence-corrected chi connectivity index (χ0v) is 15.9. The summed E-state index contributed by atoms with van der Waals surface area (Å²) in [4.78, 5) is 37.0. The lowest BCUT2D eigenvalue weighted by molar-refractivity contribution is -0.136. The van der Waals surface area contributed by atoms with E-state index < -0.39 is 24.0 Å². The molecule has 1 atom stereocenters. The number of esters is 1. The van der Waals surface area contributed by atoms with Gasteiger partial charge in [0, 0.05) is 13.1 Å². The second-order valence-corrected chi connectivity index (χ2v) is 6.39. The molecule has 3 rings (SSSR count). The molecule has 28 heavy (non-hydrogen) atoms. The van der Waals surface area contributed by atoms with E-state index in [9.17, 15) is 14.4 Å². The van der Waals surface area contributed by atoms with Crippen molar-refractivity contribution in [3.05, 3.63) is 46.8 Å². The first-order valence-electron chi connectivity index (χ1n) is 8.81. The van der Waals surface area contributed by atoms with Crippen LogP contribution in [0.2, 0.25) is 0 Å². The summed E-state index contributed by atoms with van der Waals surface area (Å²) in [5.41, 5.74) is 1.92. The molecule has 2 heterocycles. The quantitative estimate of drug-likeness (QED) is 0.754. The van der Waals surface area contributed by atoms with Crippen molar-refractivity contribution in [2.24, 2.45) is 0 Å². The van der Waals surface area contributed by atoms with Gasteiger partial charge in [0.15, 0.2) is 6.10 Å². The summed E-state index contributed by atoms with van der Waals surface area (Å²) in [7, 11) is 0. The van der Waals surface area contributed by atoms with Crippen LogP contribution < -0.4 is 10.1 Å². The van der Waals surface area contributed by atoms with Crippen LogP contribution in [0, 0.1) is 13.8 Å². The van der Waals surface area contributed by atoms with E-state index in [4.69, 9.17) is 14.0 Å². The Hall–Kier alpha value is -3.36. The van der Waals surface area contributed by atoms with E-state index >= 15 is 0 Å². The zero-order chi connectivity index (χ0) is 20.3. The Labute approximate surface area is 161 Å². The molecule has 1 unspecified atom stereocenters. The van der Waals surface area contributed by atoms with Crippen molar-refractivity contribution in [2.75, 3.05) is 13.1 Å². The minimum absolute atomic E-state index is 0.261. The van der Waals surface area contributed by atoms with E-state index in [0.717, 1.165) is 16.2 Å². The number of hydrogen-bond acceptors (Lipinski definition) is 7. The van der Waals surface area contributed by atoms with Gasteiger partial charge in [-0.1, -0.05) is 5.16 Å². The summed E-state index contributed by atoms with van der Waals surface area (Å²) in [5, 5.41) is 6.40. The second-order valence-electron chi connectivity index (χ2n) is 6.39. The minimum atomic E-state index is -1.06. The summed E-state index contributed by atoms with van der Waals surface area (Å²) < 4.78 is 16.0. The Morgan fingerprint density at radius 1 is 1.29 bits per heavy atom. The molecule has 1 aliphatic heterocycles. The molecule has 0 aliphatic carbocycles. The van der Waals surface area contributed by atoms with Crippen LogP contribution in [-0.4, -0.2) is 47.2 Å². The Morgan fingerprint density at radius 3 is 2.57 bits per heavy atom. The SMILES string of the molecule is Cc1noc(C)c1COc1ccc(C(=O)OC(C)C(=O)N2CCNC2=O)cc1. The van der Waals surface area contributed by atoms with Gasteiger partial charge in [-0.3, -0.25) is 9.69 Å². The van der Waals surface area contributed by atoms with Gasteiger partial charge >= 0.3 is 12.0 Å². The van der Waals surface area contributed by atoms with Crippen LogP contribution in [0.4, 0.5) is 4.79 Å². The summed E-state index contributed by atoms with van der Waals surface area (Å²) >= 11 is 0. The molecular weight excluding hydrogens is 366 g/mol. The van der Waals surface area contributed by atoms with Crippen LogP contribution in [0.3, 0.4) is 0 Å². The van der Waals surface area contributed by atoms with Gasteiger partial charge in [0.05, 0.1) is 16.8 Å². The highest BCUT2D eigenvalue weighted by Crippen LogP contribution is 2.18. The maximum Gasteiger partial charge on any atom is 0.338 e. The standard InChI is InChI=1S/C19H21N3O6/c1-11-16(12(2)28-21-11)10-26-15-6-4-14(5-7-15)18(24)27-13(3)17(23)22-9-8-20-19(22)25/h4-7,13H,8-10H2,1-3H3,(H,20,25). The molecule has 1 aromatic heterocycles. The van der Waals surface area contributed by atoms with Crippen LogP contribution in [0.5, 0.6) is 5.75 Å². The maximum atomic E-state index is 12.2. The van der Waals surface area contributed by atoms with Gasteiger partial charge in [0.1, 0.15) is 18.1 Å². The number of carbonyl (C=O) groups excluding carboxylic acids is 3. The molecule has 2 aromatic rings. The van der Waals surface area contributed by atoms with Gasteiger partial charge in [-0.2, -0.15) is 0 Å². The number of imide groups is 1. The topological polar surface area (TPSA) is 111 Å². The van der Waals surface area contributed by atoms with E-state index in [1.54, 1.807) is 24.3 Å². The van der Waals surface area contributed by atoms with Crippen molar-refractivity contribution in [3.8, 4) is 5.75 Å². The zero-order valence-electron chi connectivity index (χ0n) is 15.9. The summed E-state index contributed by atoms with van der Waals surface area (Å²) in [5.74, 6) is 0.0537. The van der Waals surface area contributed by atoms with E-state index in [0.29, 0.717) is 24.7 Å². The average Bonchev–Trinajstić information content (AvgIpc) is 3.25. The fourth-order valence-corrected chi connectivity index (χ4v) is 2.73. The normalized spacial score (nSPS) is 14.5. The fourth-order valence-electron chi connectivity index (χ4n) is 2.73. The molecule has 1 aliphatic rings. The monoisotopic (exact) mass is 387 g/mol. The number of nitrogens with one attached hydrogen (secondary N) is 1. The molecular formula is C19H21N3O6. The number of nitrogens with zero attached hydrogens (tertiary/aromatic N) is 2. The molecule has 1 saturated heterocycles. The molecule has 1 fully saturated rings. The highest BCUT2D eigenvalue weighted by molar-refractivity contribution is 5.99. The summed E-state index contributed by atoms with van der Waals surface area (Å²) in [6.45, 7) is 6.03. The Morgan fingerprint density at radius 2 is 2.00 bits per heavy atom. The molecule has 0 spiro atoms. The number of benzene rings is 1. The molecule has 0 saturated carbocycles. The van der Waals surface area contributed by atoms with E-state index in [-0.39, 0.29) is 12.1 Å². The van der Waals surface area contributed by atoms with Crippen LogP contribution in [-0.2, 0) is 16.1 Å². The largest absolute Gasteiger partial charge is 0.489 e. The molecule has 148 valence electrons. The van der Waals surface area contributed by atoms with Crippen LogP contribution in [0.15, 0.2) is 28.8 Å². The smallest absolute Gasteiger partial charge is 0.338 e. The first kappa shape index (κ1) is 19.4. The van der Waals surface area contributed by atoms with Gasteiger partial charge in [-0.25, -0.2) is 9.59 Å². The Bertz CT molecular complexity index is 870. The number of carbonyl (C=O) groups is 3. The van der Waals surface area contributed by atoms with Crippen LogP contribution in [0.25, 0.3) is 0 Å². The van der Waals surface area contributed by atoms with Crippen molar-refractivity contribution in [1.29, 1.82) is 0 Å². The average molecular weight is 387 g/mol. The first-order chi connectivity index (χ1) is 13.4. The number of aryl methyl sites for hydroxylation is 2. The Balaban J connectivity index is 1.56. The lowest BCUT2D eigenvalue weighted by Gasteiger charge is -2.18. The van der Waals surface area contributed by atoms with Gasteiger partial charge in [0.2, 0.25) is 0 Å². The van der Waals surface area contributed by atoms with E-state index in [1.165, 1.54) is 6.92 Å². The number of rotatable bonds is 6. The van der Waals surface area contributed by atoms with Crippen molar-refractivity contribution < 1.29 is 28.4 Å². The minimum Gasteiger partial charge on any atom is -0.489 e. The lowest BCUT2D eigenvalue weighted by Crippen LogP contribution is -2.41. The summed E-state index contributed by atoms with van der Waals surface area (Å²) in [6.07, 6.45) is -1.06. The third-order valence-corrected chi connectivity index (χ3v) is 4.41. The number of ether oxygens (including phenoxy) is 2. The van der Waals surface area contributed by atoms with E-state index in [1.807, 2.05) is 13.8 Å². The van der Waals surface area contributed by atoms with Crippen molar-refractivity contribution in [3.63, 3.8) is 0 Å². The fraction of sp³-hybridized carbons (Fsp3) is 0.368. The van der Waals surface area contributed by atoms with Gasteiger partial charge in [-0.15, -0.1) is 0 Å². The highest BCUT2D eigenvalue weighted by Gasteiger charge is 2.31. The van der Waals surface area contributed by atoms with Crippen LogP contribution >= 0.6 is 0 Å². The molecule has 0 radical (unpaired) electrons. The number of amides is 3. The predicted octanol–water partition coefficient (Wildman–Crippen LogP) is 1.97. The number of hydrogen-bond donors (Lipinski definition) is 1. The molecule has 9 heteroatoms. The predicted molar refractivity (Wildman–Crippen MR) is 96.7 cm³/mol. The van der Waals surface area contributed by atoms with Gasteiger partial charge < -0.3 is 19.3 Å². The molecule has 9 nitrogen and oxygen atoms in total. The molecule has 0 bridgehead atoms. The maximum absolute atomic E-state index is 12.2. The number of aromatic nitrogens is 1. The van der Waals surface area contributed by atoms with Gasteiger partial charge in [0.25, 0.3) is 5.91 Å². The van der Waals surface area contributed by atoms with E-state index in [2.05, 4.69) is 10.5 Å². The van der Waals surface area contributed by atoms with Crippen molar-refractivity contribution >= 4 is 17.9 Å². The third kappa shape index (κ3) is 4.13. The number of urea groups is 1. The highest BCUT2D eigenvalue weighted by atomic mass is 16.5. The first-order valence-corrected chi connectivity index (χ1v) is 8.81. The van der Waals surface area contributed by atoms with Crippen molar-refractivity contribution in [1.82, 2.24) is 15.4 Å². The second kappa shape index (κ2) is 8.12. The molecule has 1 aromatic carbocycles. The molecule has 1 N–H and O–H groups in total. The van der Waals surface area contributed by atoms with Crippen molar-refractivity contribution in [2.45, 2.75) is 33.5 Å². The third-order valence-electron chi connectivity index (χ3n) is 4.41. The Kier molecular flexibility index (Phi) is 5.62. The molecule has 3 amide bonds.